The maximum absolute atomic E-state index is 6.15. The van der Waals surface area contributed by atoms with Gasteiger partial charge in [0.2, 0.25) is 0 Å². The van der Waals surface area contributed by atoms with E-state index in [0.717, 1.165) is 84.1 Å². The number of piperidine rings is 1. The third-order valence-electron chi connectivity index (χ3n) is 5.94. The fraction of sp³-hybridized carbons (Fsp3) is 0.720. The molecule has 6 nitrogen and oxygen atoms in total. The Morgan fingerprint density at radius 2 is 1.94 bits per heavy atom. The van der Waals surface area contributed by atoms with Crippen molar-refractivity contribution in [3.63, 3.8) is 0 Å². The Morgan fingerprint density at radius 1 is 1.12 bits per heavy atom. The first-order chi connectivity index (χ1) is 15.3. The summed E-state index contributed by atoms with van der Waals surface area (Å²) >= 11 is 0. The van der Waals surface area contributed by atoms with Gasteiger partial charge in [-0.1, -0.05) is 30.3 Å². The zero-order valence-electron chi connectivity index (χ0n) is 19.7. The molecule has 7 heteroatoms. The quantitative estimate of drug-likeness (QED) is 0.186. The number of rotatable bonds is 11. The van der Waals surface area contributed by atoms with Crippen LogP contribution in [0, 0.1) is 0 Å². The second-order valence-corrected chi connectivity index (χ2v) is 8.49. The lowest BCUT2D eigenvalue weighted by atomic mass is 10.1. The summed E-state index contributed by atoms with van der Waals surface area (Å²) < 4.78 is 17.7. The van der Waals surface area contributed by atoms with E-state index in [1.807, 2.05) is 6.07 Å². The van der Waals surface area contributed by atoms with Crippen LogP contribution in [-0.4, -0.2) is 69.1 Å². The van der Waals surface area contributed by atoms with Crippen molar-refractivity contribution in [3.05, 3.63) is 35.9 Å². The van der Waals surface area contributed by atoms with Crippen LogP contribution in [0.3, 0.4) is 0 Å². The number of nitrogens with one attached hydrogen (secondary N) is 1. The smallest absolute Gasteiger partial charge is 0.193 e. The normalized spacial score (nSPS) is 20.1. The molecule has 3 rings (SSSR count). The van der Waals surface area contributed by atoms with Gasteiger partial charge in [0.1, 0.15) is 0 Å². The highest BCUT2D eigenvalue weighted by Crippen LogP contribution is 2.18. The summed E-state index contributed by atoms with van der Waals surface area (Å²) in [5.74, 6) is 1.04. The standard InChI is InChI=1S/C25H41N3O3.HI/c1-2-26-25(27-15-7-9-18-29-20-22-10-4-3-5-11-22)28-16-13-23(14-17-28)31-21-24-12-6-8-19-30-24;/h3-5,10-11,23-24H,2,6-9,12-21H2,1H3,(H,26,27);1H. The number of guanidine groups is 1. The van der Waals surface area contributed by atoms with Crippen molar-refractivity contribution in [1.82, 2.24) is 10.2 Å². The van der Waals surface area contributed by atoms with Crippen molar-refractivity contribution in [1.29, 1.82) is 0 Å². The molecule has 182 valence electrons. The van der Waals surface area contributed by atoms with Crippen LogP contribution >= 0.6 is 24.0 Å². The second kappa shape index (κ2) is 16.7. The van der Waals surface area contributed by atoms with Crippen molar-refractivity contribution in [3.8, 4) is 0 Å². The molecular formula is C25H42IN3O3. The number of benzene rings is 1. The Labute approximate surface area is 211 Å². The van der Waals surface area contributed by atoms with E-state index in [-0.39, 0.29) is 24.0 Å². The summed E-state index contributed by atoms with van der Waals surface area (Å²) in [6, 6.07) is 10.3. The zero-order chi connectivity index (χ0) is 21.6. The van der Waals surface area contributed by atoms with E-state index in [4.69, 9.17) is 19.2 Å². The van der Waals surface area contributed by atoms with Crippen LogP contribution in [0.1, 0.15) is 57.4 Å². The Balaban J connectivity index is 0.00000363. The summed E-state index contributed by atoms with van der Waals surface area (Å²) in [5.41, 5.74) is 1.23. The average Bonchev–Trinajstić information content (AvgIpc) is 2.83. The molecule has 0 aromatic heterocycles. The third kappa shape index (κ3) is 10.4. The number of likely N-dealkylation sites (tertiary alicyclic amines) is 1. The monoisotopic (exact) mass is 559 g/mol. The van der Waals surface area contributed by atoms with E-state index in [0.29, 0.717) is 18.8 Å². The summed E-state index contributed by atoms with van der Waals surface area (Å²) in [7, 11) is 0. The number of hydrogen-bond donors (Lipinski definition) is 1. The van der Waals surface area contributed by atoms with Gasteiger partial charge in [0.25, 0.3) is 0 Å². The van der Waals surface area contributed by atoms with Crippen LogP contribution < -0.4 is 5.32 Å². The lowest BCUT2D eigenvalue weighted by molar-refractivity contribution is -0.0721. The van der Waals surface area contributed by atoms with E-state index in [1.165, 1.54) is 18.4 Å². The fourth-order valence-electron chi connectivity index (χ4n) is 4.11. The number of halogens is 1. The Morgan fingerprint density at radius 3 is 2.66 bits per heavy atom. The lowest BCUT2D eigenvalue weighted by Crippen LogP contribution is -2.47. The van der Waals surface area contributed by atoms with Gasteiger partial charge < -0.3 is 24.4 Å². The molecule has 0 radical (unpaired) electrons. The van der Waals surface area contributed by atoms with Crippen LogP contribution in [-0.2, 0) is 20.8 Å². The van der Waals surface area contributed by atoms with Crippen molar-refractivity contribution < 1.29 is 14.2 Å². The summed E-state index contributed by atoms with van der Waals surface area (Å²) in [5, 5.41) is 3.46. The number of hydrogen-bond acceptors (Lipinski definition) is 4. The van der Waals surface area contributed by atoms with Crippen LogP contribution in [0.15, 0.2) is 35.3 Å². The molecule has 0 spiro atoms. The Bertz CT molecular complexity index is 618. The van der Waals surface area contributed by atoms with Gasteiger partial charge in [-0.2, -0.15) is 0 Å². The van der Waals surface area contributed by atoms with Crippen LogP contribution in [0.25, 0.3) is 0 Å². The van der Waals surface area contributed by atoms with Gasteiger partial charge in [-0.25, -0.2) is 0 Å². The number of aliphatic imine (C=N–C) groups is 1. The van der Waals surface area contributed by atoms with E-state index in [1.54, 1.807) is 0 Å². The molecule has 2 aliphatic heterocycles. The van der Waals surface area contributed by atoms with Crippen molar-refractivity contribution in [2.24, 2.45) is 4.99 Å². The van der Waals surface area contributed by atoms with Crippen LogP contribution in [0.5, 0.6) is 0 Å². The molecule has 1 aromatic rings. The van der Waals surface area contributed by atoms with Gasteiger partial charge in [-0.05, 0) is 57.4 Å². The highest BCUT2D eigenvalue weighted by atomic mass is 127. The van der Waals surface area contributed by atoms with Gasteiger partial charge in [-0.15, -0.1) is 24.0 Å². The largest absolute Gasteiger partial charge is 0.377 e. The van der Waals surface area contributed by atoms with Gasteiger partial charge in [-0.3, -0.25) is 4.99 Å². The van der Waals surface area contributed by atoms with Gasteiger partial charge in [0.15, 0.2) is 5.96 Å². The predicted molar refractivity (Wildman–Crippen MR) is 141 cm³/mol. The minimum atomic E-state index is 0. The molecule has 0 aliphatic carbocycles. The fourth-order valence-corrected chi connectivity index (χ4v) is 4.11. The number of ether oxygens (including phenoxy) is 3. The third-order valence-corrected chi connectivity index (χ3v) is 5.94. The van der Waals surface area contributed by atoms with Gasteiger partial charge >= 0.3 is 0 Å². The molecule has 1 N–H and O–H groups in total. The summed E-state index contributed by atoms with van der Waals surface area (Å²) in [6.45, 7) is 9.00. The van der Waals surface area contributed by atoms with E-state index < -0.39 is 0 Å². The molecule has 32 heavy (non-hydrogen) atoms. The minimum Gasteiger partial charge on any atom is -0.377 e. The van der Waals surface area contributed by atoms with Gasteiger partial charge in [0, 0.05) is 39.4 Å². The zero-order valence-corrected chi connectivity index (χ0v) is 22.0. The van der Waals surface area contributed by atoms with E-state index in [2.05, 4.69) is 41.4 Å². The average molecular weight is 560 g/mol. The molecule has 0 amide bonds. The number of unbranched alkanes of at least 4 members (excludes halogenated alkanes) is 1. The van der Waals surface area contributed by atoms with Crippen LogP contribution in [0.2, 0.25) is 0 Å². The maximum Gasteiger partial charge on any atom is 0.193 e. The molecule has 0 saturated carbocycles. The summed E-state index contributed by atoms with van der Waals surface area (Å²) in [4.78, 5) is 7.23. The van der Waals surface area contributed by atoms with E-state index >= 15 is 0 Å². The molecule has 1 unspecified atom stereocenters. The van der Waals surface area contributed by atoms with E-state index in [9.17, 15) is 0 Å². The maximum atomic E-state index is 6.15. The van der Waals surface area contributed by atoms with Crippen molar-refractivity contribution in [2.75, 3.05) is 46.0 Å². The molecule has 2 saturated heterocycles. The molecule has 1 atom stereocenters. The molecule has 0 bridgehead atoms. The SMILES string of the molecule is CCNC(=NCCCCOCc1ccccc1)N1CCC(OCC2CCCCO2)CC1.I. The Hall–Kier alpha value is -0.900. The molecule has 2 aliphatic rings. The highest BCUT2D eigenvalue weighted by Gasteiger charge is 2.23. The first-order valence-corrected chi connectivity index (χ1v) is 12.2. The van der Waals surface area contributed by atoms with Crippen LogP contribution in [0.4, 0.5) is 0 Å². The Kier molecular flexibility index (Phi) is 14.2. The predicted octanol–water partition coefficient (Wildman–Crippen LogP) is 4.62. The van der Waals surface area contributed by atoms with Crippen molar-refractivity contribution >= 4 is 29.9 Å². The molecule has 2 heterocycles. The van der Waals surface area contributed by atoms with Crippen molar-refractivity contribution in [2.45, 2.75) is 70.7 Å². The minimum absolute atomic E-state index is 0. The molecule has 1 aromatic carbocycles. The second-order valence-electron chi connectivity index (χ2n) is 8.49. The first kappa shape index (κ1) is 27.3. The first-order valence-electron chi connectivity index (χ1n) is 12.2. The topological polar surface area (TPSA) is 55.3 Å². The molecular weight excluding hydrogens is 517 g/mol. The molecule has 2 fully saturated rings. The highest BCUT2D eigenvalue weighted by molar-refractivity contribution is 14.0. The number of nitrogens with zero attached hydrogens (tertiary/aromatic N) is 2. The summed E-state index contributed by atoms with van der Waals surface area (Å²) in [6.07, 6.45) is 8.48. The lowest BCUT2D eigenvalue weighted by Gasteiger charge is -2.35. The van der Waals surface area contributed by atoms with Gasteiger partial charge in [0.05, 0.1) is 25.4 Å².